The van der Waals surface area contributed by atoms with Gasteiger partial charge in [0.1, 0.15) is 0 Å². The molecule has 0 radical (unpaired) electrons. The number of hydrogen-bond acceptors (Lipinski definition) is 3. The second-order valence-corrected chi connectivity index (χ2v) is 9.02. The van der Waals surface area contributed by atoms with Gasteiger partial charge in [-0.1, -0.05) is 36.4 Å². The van der Waals surface area contributed by atoms with E-state index in [4.69, 9.17) is 0 Å². The average Bonchev–Trinajstić information content (AvgIpc) is 2.99. The first kappa shape index (κ1) is 17.2. The van der Waals surface area contributed by atoms with Gasteiger partial charge in [-0.2, -0.15) is 4.31 Å². The van der Waals surface area contributed by atoms with Crippen LogP contribution in [-0.4, -0.2) is 38.3 Å². The van der Waals surface area contributed by atoms with Crippen molar-refractivity contribution in [1.29, 1.82) is 0 Å². The highest BCUT2D eigenvalue weighted by Gasteiger charge is 2.51. The van der Waals surface area contributed by atoms with Crippen LogP contribution in [0.25, 0.3) is 0 Å². The van der Waals surface area contributed by atoms with Crippen molar-refractivity contribution in [3.8, 4) is 0 Å². The Labute approximate surface area is 154 Å². The summed E-state index contributed by atoms with van der Waals surface area (Å²) in [6.07, 6.45) is 2.15. The Hall–Kier alpha value is -2.18. The maximum atomic E-state index is 13.2. The minimum Gasteiger partial charge on any atom is -0.312 e. The molecule has 1 amide bonds. The Bertz CT molecular complexity index is 899. The van der Waals surface area contributed by atoms with E-state index in [2.05, 4.69) is 0 Å². The van der Waals surface area contributed by atoms with Crippen LogP contribution in [0.1, 0.15) is 19.3 Å². The third kappa shape index (κ3) is 2.83. The van der Waals surface area contributed by atoms with E-state index in [9.17, 15) is 13.2 Å². The zero-order valence-corrected chi connectivity index (χ0v) is 15.4. The number of benzene rings is 2. The van der Waals surface area contributed by atoms with Gasteiger partial charge >= 0.3 is 0 Å². The monoisotopic (exact) mass is 370 g/mol. The number of hydrogen-bond donors (Lipinski definition) is 0. The van der Waals surface area contributed by atoms with Crippen LogP contribution in [0.2, 0.25) is 0 Å². The van der Waals surface area contributed by atoms with E-state index in [1.807, 2.05) is 30.3 Å². The standard InChI is InChI=1S/C20H22N2O3S/c23-19-20(13-15-22(19)17-8-3-1-4-9-17)12-7-14-21(16-20)26(24,25)18-10-5-2-6-11-18/h1-6,8-11H,7,12-16H2. The van der Waals surface area contributed by atoms with E-state index < -0.39 is 15.4 Å². The molecule has 2 heterocycles. The number of amides is 1. The van der Waals surface area contributed by atoms with Crippen LogP contribution in [0.15, 0.2) is 65.6 Å². The minimum atomic E-state index is -3.57. The van der Waals surface area contributed by atoms with Gasteiger partial charge in [-0.25, -0.2) is 8.42 Å². The number of carbonyl (C=O) groups excluding carboxylic acids is 1. The highest BCUT2D eigenvalue weighted by Crippen LogP contribution is 2.42. The third-order valence-electron chi connectivity index (χ3n) is 5.50. The molecular weight excluding hydrogens is 348 g/mol. The second-order valence-electron chi connectivity index (χ2n) is 7.08. The molecule has 1 atom stereocenters. The summed E-state index contributed by atoms with van der Waals surface area (Å²) < 4.78 is 27.5. The van der Waals surface area contributed by atoms with Gasteiger partial charge in [0.05, 0.1) is 10.3 Å². The van der Waals surface area contributed by atoms with Crippen molar-refractivity contribution in [2.45, 2.75) is 24.2 Å². The molecule has 5 nitrogen and oxygen atoms in total. The van der Waals surface area contributed by atoms with E-state index >= 15 is 0 Å². The van der Waals surface area contributed by atoms with E-state index in [1.54, 1.807) is 35.2 Å². The van der Waals surface area contributed by atoms with Gasteiger partial charge in [0.15, 0.2) is 0 Å². The summed E-state index contributed by atoms with van der Waals surface area (Å²) in [7, 11) is -3.57. The van der Waals surface area contributed by atoms with Gasteiger partial charge in [0, 0.05) is 25.3 Å². The molecule has 2 aromatic carbocycles. The van der Waals surface area contributed by atoms with Crippen LogP contribution in [-0.2, 0) is 14.8 Å². The zero-order chi connectivity index (χ0) is 18.2. The quantitative estimate of drug-likeness (QED) is 0.835. The maximum absolute atomic E-state index is 13.2. The van der Waals surface area contributed by atoms with Gasteiger partial charge in [0.2, 0.25) is 15.9 Å². The molecule has 1 unspecified atom stereocenters. The highest BCUT2D eigenvalue weighted by atomic mass is 32.2. The Morgan fingerprint density at radius 3 is 2.19 bits per heavy atom. The summed E-state index contributed by atoms with van der Waals surface area (Å²) in [6, 6.07) is 18.1. The lowest BCUT2D eigenvalue weighted by Crippen LogP contribution is -2.49. The fourth-order valence-electron chi connectivity index (χ4n) is 4.09. The first-order chi connectivity index (χ1) is 12.5. The van der Waals surface area contributed by atoms with Crippen LogP contribution < -0.4 is 4.90 Å². The average molecular weight is 370 g/mol. The molecule has 2 aliphatic heterocycles. The fourth-order valence-corrected chi connectivity index (χ4v) is 5.68. The smallest absolute Gasteiger partial charge is 0.243 e. The number of nitrogens with zero attached hydrogens (tertiary/aromatic N) is 2. The first-order valence-electron chi connectivity index (χ1n) is 8.95. The van der Waals surface area contributed by atoms with Crippen molar-refractivity contribution in [3.05, 3.63) is 60.7 Å². The van der Waals surface area contributed by atoms with Crippen LogP contribution in [0, 0.1) is 5.41 Å². The normalized spacial score (nSPS) is 24.3. The lowest BCUT2D eigenvalue weighted by Gasteiger charge is -2.38. The molecule has 4 rings (SSSR count). The molecule has 0 aliphatic carbocycles. The largest absolute Gasteiger partial charge is 0.312 e. The zero-order valence-electron chi connectivity index (χ0n) is 14.5. The molecular formula is C20H22N2O3S. The van der Waals surface area contributed by atoms with Crippen LogP contribution in [0.5, 0.6) is 0 Å². The predicted molar refractivity (Wildman–Crippen MR) is 100 cm³/mol. The Kier molecular flexibility index (Phi) is 4.32. The lowest BCUT2D eigenvalue weighted by atomic mass is 9.79. The predicted octanol–water partition coefficient (Wildman–Crippen LogP) is 2.89. The summed E-state index contributed by atoms with van der Waals surface area (Å²) in [6.45, 7) is 1.38. The first-order valence-corrected chi connectivity index (χ1v) is 10.4. The molecule has 0 aromatic heterocycles. The van der Waals surface area contributed by atoms with Gasteiger partial charge in [-0.05, 0) is 43.5 Å². The number of carbonyl (C=O) groups is 1. The fraction of sp³-hybridized carbons (Fsp3) is 0.350. The van der Waals surface area contributed by atoms with Crippen molar-refractivity contribution in [3.63, 3.8) is 0 Å². The number of piperidine rings is 1. The second kappa shape index (κ2) is 6.52. The van der Waals surface area contributed by atoms with Gasteiger partial charge < -0.3 is 4.90 Å². The van der Waals surface area contributed by atoms with Crippen molar-refractivity contribution < 1.29 is 13.2 Å². The summed E-state index contributed by atoms with van der Waals surface area (Å²) >= 11 is 0. The van der Waals surface area contributed by atoms with Gasteiger partial charge in [0.25, 0.3) is 0 Å². The molecule has 136 valence electrons. The Balaban J connectivity index is 1.60. The van der Waals surface area contributed by atoms with Crippen molar-refractivity contribution >= 4 is 21.6 Å². The molecule has 1 spiro atoms. The minimum absolute atomic E-state index is 0.0525. The Morgan fingerprint density at radius 2 is 1.50 bits per heavy atom. The van der Waals surface area contributed by atoms with E-state index in [1.165, 1.54) is 4.31 Å². The van der Waals surface area contributed by atoms with Crippen LogP contribution in [0.4, 0.5) is 5.69 Å². The molecule has 2 saturated heterocycles. The number of anilines is 1. The number of para-hydroxylation sites is 1. The highest BCUT2D eigenvalue weighted by molar-refractivity contribution is 7.89. The van der Waals surface area contributed by atoms with E-state index in [0.717, 1.165) is 12.1 Å². The summed E-state index contributed by atoms with van der Waals surface area (Å²) in [4.78, 5) is 15.3. The van der Waals surface area contributed by atoms with Crippen LogP contribution >= 0.6 is 0 Å². The maximum Gasteiger partial charge on any atom is 0.243 e. The van der Waals surface area contributed by atoms with Gasteiger partial charge in [-0.3, -0.25) is 4.79 Å². The van der Waals surface area contributed by atoms with Crippen molar-refractivity contribution in [1.82, 2.24) is 4.31 Å². The van der Waals surface area contributed by atoms with Crippen molar-refractivity contribution in [2.24, 2.45) is 5.41 Å². The molecule has 26 heavy (non-hydrogen) atoms. The van der Waals surface area contributed by atoms with Gasteiger partial charge in [-0.15, -0.1) is 0 Å². The molecule has 2 aliphatic rings. The third-order valence-corrected chi connectivity index (χ3v) is 7.36. The molecule has 0 saturated carbocycles. The number of rotatable bonds is 3. The summed E-state index contributed by atoms with van der Waals surface area (Å²) in [5, 5.41) is 0. The number of sulfonamides is 1. The molecule has 0 N–H and O–H groups in total. The van der Waals surface area contributed by atoms with Crippen LogP contribution in [0.3, 0.4) is 0 Å². The van der Waals surface area contributed by atoms with E-state index in [0.29, 0.717) is 30.8 Å². The summed E-state index contributed by atoms with van der Waals surface area (Å²) in [5.74, 6) is 0.0525. The lowest BCUT2D eigenvalue weighted by molar-refractivity contribution is -0.127. The SMILES string of the molecule is O=C1N(c2ccccc2)CCC12CCCN(S(=O)(=O)c1ccccc1)C2. The molecule has 6 heteroatoms. The molecule has 2 fully saturated rings. The van der Waals surface area contributed by atoms with Crippen molar-refractivity contribution in [2.75, 3.05) is 24.5 Å². The topological polar surface area (TPSA) is 57.7 Å². The Morgan fingerprint density at radius 1 is 0.846 bits per heavy atom. The van der Waals surface area contributed by atoms with E-state index in [-0.39, 0.29) is 12.5 Å². The molecule has 0 bridgehead atoms. The molecule has 2 aromatic rings. The summed E-state index contributed by atoms with van der Waals surface area (Å²) in [5.41, 5.74) is 0.285.